The third-order valence-electron chi connectivity index (χ3n) is 4.56. The van der Waals surface area contributed by atoms with Gasteiger partial charge in [0.15, 0.2) is 5.69 Å². The van der Waals surface area contributed by atoms with Crippen molar-refractivity contribution in [1.29, 1.82) is 0 Å². The third-order valence-corrected chi connectivity index (χ3v) is 4.56. The first-order valence-corrected chi connectivity index (χ1v) is 10.0. The molecule has 0 spiro atoms. The quantitative estimate of drug-likeness (QED) is 0.439. The van der Waals surface area contributed by atoms with E-state index < -0.39 is 5.97 Å². The molecule has 0 saturated heterocycles. The van der Waals surface area contributed by atoms with Crippen LogP contribution in [0.4, 0.5) is 11.6 Å². The van der Waals surface area contributed by atoms with Crippen LogP contribution >= 0.6 is 0 Å². The second-order valence-corrected chi connectivity index (χ2v) is 6.83. The summed E-state index contributed by atoms with van der Waals surface area (Å²) >= 11 is 0. The van der Waals surface area contributed by atoms with Crippen LogP contribution in [-0.2, 0) is 4.74 Å². The minimum atomic E-state index is -0.529. The van der Waals surface area contributed by atoms with Crippen molar-refractivity contribution in [2.75, 3.05) is 19.0 Å². The molecule has 3 aromatic heterocycles. The lowest BCUT2D eigenvalue weighted by Gasteiger charge is -2.13. The highest BCUT2D eigenvalue weighted by Crippen LogP contribution is 2.28. The zero-order valence-electron chi connectivity index (χ0n) is 17.9. The summed E-state index contributed by atoms with van der Waals surface area (Å²) in [5, 5.41) is 3.15. The Kier molecular flexibility index (Phi) is 6.07. The molecule has 0 aliphatic rings. The fourth-order valence-corrected chi connectivity index (χ4v) is 3.11. The predicted molar refractivity (Wildman–Crippen MR) is 119 cm³/mol. The maximum atomic E-state index is 12.3. The molecule has 1 aromatic carbocycles. The van der Waals surface area contributed by atoms with Gasteiger partial charge < -0.3 is 19.4 Å². The molecule has 32 heavy (non-hydrogen) atoms. The van der Waals surface area contributed by atoms with Gasteiger partial charge in [0, 0.05) is 24.1 Å². The van der Waals surface area contributed by atoms with Crippen molar-refractivity contribution < 1.29 is 14.3 Å². The van der Waals surface area contributed by atoms with Gasteiger partial charge in [0.05, 0.1) is 42.8 Å². The molecule has 9 heteroatoms. The van der Waals surface area contributed by atoms with Crippen LogP contribution < -0.4 is 10.1 Å². The number of aryl methyl sites for hydroxylation is 1. The van der Waals surface area contributed by atoms with Gasteiger partial charge in [-0.3, -0.25) is 4.98 Å². The lowest BCUT2D eigenvalue weighted by atomic mass is 10.2. The number of nitrogens with one attached hydrogen (secondary N) is 1. The molecule has 4 rings (SSSR count). The lowest BCUT2D eigenvalue weighted by molar-refractivity contribution is 0.0519. The summed E-state index contributed by atoms with van der Waals surface area (Å²) in [4.78, 5) is 29.8. The molecule has 0 atom stereocenters. The lowest BCUT2D eigenvalue weighted by Crippen LogP contribution is -2.10. The van der Waals surface area contributed by atoms with Crippen LogP contribution in [0.25, 0.3) is 17.1 Å². The summed E-state index contributed by atoms with van der Waals surface area (Å²) in [6.07, 6.45) is 5.30. The molecular formula is C23H22N6O3. The first kappa shape index (κ1) is 21.0. The molecule has 9 nitrogen and oxygen atoms in total. The highest BCUT2D eigenvalue weighted by atomic mass is 16.5. The van der Waals surface area contributed by atoms with E-state index in [1.54, 1.807) is 32.6 Å². The van der Waals surface area contributed by atoms with Crippen LogP contribution in [0.5, 0.6) is 5.75 Å². The first-order chi connectivity index (χ1) is 15.6. The summed E-state index contributed by atoms with van der Waals surface area (Å²) in [5.74, 6) is 0.349. The minimum Gasteiger partial charge on any atom is -0.494 e. The van der Waals surface area contributed by atoms with E-state index in [0.29, 0.717) is 22.8 Å². The van der Waals surface area contributed by atoms with Gasteiger partial charge >= 0.3 is 5.97 Å². The van der Waals surface area contributed by atoms with Crippen LogP contribution in [0.1, 0.15) is 23.1 Å². The number of aromatic nitrogens is 5. The fraction of sp³-hybridized carbons (Fsp3) is 0.174. The Bertz CT molecular complexity index is 1240. The summed E-state index contributed by atoms with van der Waals surface area (Å²) in [5.41, 5.74) is 3.70. The van der Waals surface area contributed by atoms with Crippen molar-refractivity contribution in [2.24, 2.45) is 0 Å². The van der Waals surface area contributed by atoms with Crippen molar-refractivity contribution in [3.8, 4) is 22.8 Å². The van der Waals surface area contributed by atoms with Crippen molar-refractivity contribution >= 4 is 17.6 Å². The minimum absolute atomic E-state index is 0.141. The molecule has 0 radical (unpaired) electrons. The van der Waals surface area contributed by atoms with E-state index in [1.807, 2.05) is 54.1 Å². The molecule has 162 valence electrons. The molecule has 0 fully saturated rings. The smallest absolute Gasteiger partial charge is 0.357 e. The largest absolute Gasteiger partial charge is 0.494 e. The van der Waals surface area contributed by atoms with Gasteiger partial charge in [-0.2, -0.15) is 0 Å². The highest BCUT2D eigenvalue weighted by molar-refractivity contribution is 5.89. The highest BCUT2D eigenvalue weighted by Gasteiger charge is 2.15. The standard InChI is InChI=1S/C23H22N6O3/c1-4-32-22(30)19-12-18(17-7-5-6-10-24-17)27-23(28-19)26-16-8-9-20(21(11-16)31-3)29-13-15(2)25-14-29/h5-14H,4H2,1-3H3,(H,26,27,28). The number of hydrogen-bond donors (Lipinski definition) is 1. The van der Waals surface area contributed by atoms with E-state index >= 15 is 0 Å². The van der Waals surface area contributed by atoms with Gasteiger partial charge in [0.1, 0.15) is 5.75 Å². The van der Waals surface area contributed by atoms with Crippen LogP contribution in [0.2, 0.25) is 0 Å². The van der Waals surface area contributed by atoms with Gasteiger partial charge in [-0.05, 0) is 44.2 Å². The van der Waals surface area contributed by atoms with E-state index in [1.165, 1.54) is 0 Å². The second-order valence-electron chi connectivity index (χ2n) is 6.83. The number of ether oxygens (including phenoxy) is 2. The summed E-state index contributed by atoms with van der Waals surface area (Å²) in [6.45, 7) is 3.91. The van der Waals surface area contributed by atoms with E-state index in [2.05, 4.69) is 25.3 Å². The summed E-state index contributed by atoms with van der Waals surface area (Å²) < 4.78 is 12.6. The van der Waals surface area contributed by atoms with Crippen LogP contribution in [0, 0.1) is 6.92 Å². The molecule has 0 amide bonds. The Morgan fingerprint density at radius 1 is 1.09 bits per heavy atom. The van der Waals surface area contributed by atoms with Crippen LogP contribution in [0.3, 0.4) is 0 Å². The Hall–Kier alpha value is -4.27. The number of benzene rings is 1. The molecule has 1 N–H and O–H groups in total. The average molecular weight is 430 g/mol. The van der Waals surface area contributed by atoms with Gasteiger partial charge in [-0.25, -0.2) is 19.7 Å². The number of methoxy groups -OCH3 is 1. The number of nitrogens with zero attached hydrogens (tertiary/aromatic N) is 5. The molecule has 0 bridgehead atoms. The van der Waals surface area contributed by atoms with E-state index in [9.17, 15) is 4.79 Å². The van der Waals surface area contributed by atoms with Gasteiger partial charge in [-0.1, -0.05) is 6.07 Å². The Morgan fingerprint density at radius 3 is 2.66 bits per heavy atom. The van der Waals surface area contributed by atoms with E-state index in [0.717, 1.165) is 11.4 Å². The van der Waals surface area contributed by atoms with Crippen LogP contribution in [0.15, 0.2) is 61.2 Å². The molecule has 3 heterocycles. The van der Waals surface area contributed by atoms with Crippen molar-refractivity contribution in [3.05, 3.63) is 72.6 Å². The van der Waals surface area contributed by atoms with E-state index in [4.69, 9.17) is 9.47 Å². The molecule has 0 aliphatic heterocycles. The number of hydrogen-bond acceptors (Lipinski definition) is 8. The molecule has 0 unspecified atom stereocenters. The zero-order chi connectivity index (χ0) is 22.5. The van der Waals surface area contributed by atoms with Crippen molar-refractivity contribution in [1.82, 2.24) is 24.5 Å². The first-order valence-electron chi connectivity index (χ1n) is 10.0. The molecule has 0 aliphatic carbocycles. The fourth-order valence-electron chi connectivity index (χ4n) is 3.11. The SMILES string of the molecule is CCOC(=O)c1cc(-c2ccccn2)nc(Nc2ccc(-n3cnc(C)c3)c(OC)c2)n1. The topological polar surface area (TPSA) is 104 Å². The van der Waals surface area contributed by atoms with Crippen molar-refractivity contribution in [2.45, 2.75) is 13.8 Å². The van der Waals surface area contributed by atoms with Gasteiger partial charge in [0.25, 0.3) is 0 Å². The molecule has 4 aromatic rings. The average Bonchev–Trinajstić information content (AvgIpc) is 3.25. The Balaban J connectivity index is 1.70. The Labute approximate surface area is 185 Å². The number of carbonyl (C=O) groups excluding carboxylic acids is 1. The monoisotopic (exact) mass is 430 g/mol. The number of rotatable bonds is 7. The number of imidazole rings is 1. The number of esters is 1. The van der Waals surface area contributed by atoms with Crippen molar-refractivity contribution in [3.63, 3.8) is 0 Å². The maximum absolute atomic E-state index is 12.3. The van der Waals surface area contributed by atoms with Gasteiger partial charge in [0.2, 0.25) is 5.95 Å². The summed E-state index contributed by atoms with van der Waals surface area (Å²) in [6, 6.07) is 12.6. The normalized spacial score (nSPS) is 10.6. The Morgan fingerprint density at radius 2 is 1.97 bits per heavy atom. The summed E-state index contributed by atoms with van der Waals surface area (Å²) in [7, 11) is 1.60. The number of anilines is 2. The number of carbonyl (C=O) groups is 1. The second kappa shape index (κ2) is 9.25. The predicted octanol–water partition coefficient (Wildman–Crippen LogP) is 3.96. The molecule has 0 saturated carbocycles. The number of pyridine rings is 1. The molecular weight excluding hydrogens is 408 g/mol. The third kappa shape index (κ3) is 4.56. The van der Waals surface area contributed by atoms with Gasteiger partial charge in [-0.15, -0.1) is 0 Å². The zero-order valence-corrected chi connectivity index (χ0v) is 17.9. The van der Waals surface area contributed by atoms with E-state index in [-0.39, 0.29) is 18.2 Å². The van der Waals surface area contributed by atoms with Crippen LogP contribution in [-0.4, -0.2) is 44.2 Å². The maximum Gasteiger partial charge on any atom is 0.357 e.